The minimum atomic E-state index is -0.200. The van der Waals surface area contributed by atoms with E-state index in [4.69, 9.17) is 0 Å². The normalized spacial score (nSPS) is 11.8. The Morgan fingerprint density at radius 3 is 1.97 bits per heavy atom. The summed E-state index contributed by atoms with van der Waals surface area (Å²) in [5, 5.41) is 0.283. The maximum absolute atomic E-state index is 12.7. The number of hydrogen-bond acceptors (Lipinski definition) is 4. The molecule has 0 N–H and O–H groups in total. The lowest BCUT2D eigenvalue weighted by Crippen LogP contribution is -2.05. The Bertz CT molecular complexity index is 1010. The van der Waals surface area contributed by atoms with E-state index in [9.17, 15) is 9.59 Å². The number of thioether (sulfide) groups is 2. The summed E-state index contributed by atoms with van der Waals surface area (Å²) in [5.41, 5.74) is 4.46. The van der Waals surface area contributed by atoms with Crippen molar-refractivity contribution in [3.8, 4) is 0 Å². The van der Waals surface area contributed by atoms with Crippen molar-refractivity contribution < 1.29 is 9.59 Å². The molecule has 3 aromatic rings. The Morgan fingerprint density at radius 2 is 1.37 bits per heavy atom. The zero-order chi connectivity index (χ0) is 21.5. The average molecular weight is 435 g/mol. The second kappa shape index (κ2) is 10.6. The van der Waals surface area contributed by atoms with Gasteiger partial charge in [0.05, 0.1) is 5.92 Å². The third-order valence-corrected chi connectivity index (χ3v) is 6.92. The summed E-state index contributed by atoms with van der Waals surface area (Å²) in [6.45, 7) is 6.02. The van der Waals surface area contributed by atoms with Gasteiger partial charge in [0.1, 0.15) is 0 Å². The molecule has 0 aliphatic carbocycles. The number of hydrogen-bond donors (Lipinski definition) is 0. The van der Waals surface area contributed by atoms with Gasteiger partial charge in [-0.05, 0) is 55.7 Å². The number of aryl methyl sites for hydroxylation is 3. The molecule has 0 aliphatic heterocycles. The van der Waals surface area contributed by atoms with Gasteiger partial charge >= 0.3 is 0 Å². The van der Waals surface area contributed by atoms with Crippen LogP contribution in [0.15, 0.2) is 82.6 Å². The minimum absolute atomic E-state index is 0.127. The lowest BCUT2D eigenvalue weighted by atomic mass is 9.98. The zero-order valence-electron chi connectivity index (χ0n) is 17.6. The molecule has 154 valence electrons. The van der Waals surface area contributed by atoms with E-state index < -0.39 is 0 Å². The number of carbonyl (C=O) groups excluding carboxylic acids is 2. The summed E-state index contributed by atoms with van der Waals surface area (Å²) in [5.74, 6) is -0.200. The average Bonchev–Trinajstić information content (AvgIpc) is 2.75. The van der Waals surface area contributed by atoms with Crippen molar-refractivity contribution in [1.29, 1.82) is 0 Å². The molecule has 30 heavy (non-hydrogen) atoms. The molecule has 3 rings (SSSR count). The quantitative estimate of drug-likeness (QED) is 0.376. The van der Waals surface area contributed by atoms with E-state index in [0.29, 0.717) is 12.8 Å². The van der Waals surface area contributed by atoms with Crippen LogP contribution in [0.1, 0.15) is 41.5 Å². The Kier molecular flexibility index (Phi) is 7.94. The summed E-state index contributed by atoms with van der Waals surface area (Å²) >= 11 is 2.58. The Hall–Kier alpha value is -2.30. The molecule has 0 heterocycles. The number of carbonyl (C=O) groups is 2. The second-order valence-corrected chi connectivity index (χ2v) is 9.70. The smallest absolute Gasteiger partial charge is 0.200 e. The van der Waals surface area contributed by atoms with E-state index in [1.807, 2.05) is 87.5 Å². The molecule has 1 unspecified atom stereocenters. The molecule has 0 saturated carbocycles. The van der Waals surface area contributed by atoms with Crippen molar-refractivity contribution in [2.45, 2.75) is 49.3 Å². The van der Waals surface area contributed by atoms with E-state index in [2.05, 4.69) is 6.07 Å². The van der Waals surface area contributed by atoms with Gasteiger partial charge in [-0.1, -0.05) is 90.1 Å². The van der Waals surface area contributed by atoms with Gasteiger partial charge in [0.25, 0.3) is 0 Å². The fraction of sp³-hybridized carbons (Fsp3) is 0.231. The predicted molar refractivity (Wildman–Crippen MR) is 127 cm³/mol. The van der Waals surface area contributed by atoms with E-state index in [-0.39, 0.29) is 16.1 Å². The molecule has 4 heteroatoms. The first-order chi connectivity index (χ1) is 14.4. The molecule has 0 aliphatic rings. The lowest BCUT2D eigenvalue weighted by molar-refractivity contribution is -0.112. The molecule has 0 aromatic heterocycles. The standard InChI is InChI=1S/C26H26O2S2/c1-18-7-12-23(13-8-18)29-25(27)16-11-21-5-4-6-22(17-21)20(3)26(28)30-24-14-9-19(2)10-15-24/h4-10,12-15,17,20H,11,16H2,1-3H3. The molecule has 2 nitrogen and oxygen atoms in total. The Balaban J connectivity index is 1.56. The van der Waals surface area contributed by atoms with Crippen molar-refractivity contribution in [1.82, 2.24) is 0 Å². The largest absolute Gasteiger partial charge is 0.287 e. The maximum atomic E-state index is 12.7. The van der Waals surface area contributed by atoms with Crippen LogP contribution in [0.25, 0.3) is 0 Å². The summed E-state index contributed by atoms with van der Waals surface area (Å²) in [4.78, 5) is 27.0. The van der Waals surface area contributed by atoms with E-state index >= 15 is 0 Å². The molecule has 0 spiro atoms. The van der Waals surface area contributed by atoms with E-state index in [1.165, 1.54) is 34.7 Å². The first-order valence-electron chi connectivity index (χ1n) is 10.1. The molecule has 0 saturated heterocycles. The zero-order valence-corrected chi connectivity index (χ0v) is 19.2. The van der Waals surface area contributed by atoms with Gasteiger partial charge < -0.3 is 0 Å². The first kappa shape index (κ1) is 22.4. The van der Waals surface area contributed by atoms with Gasteiger partial charge in [0.2, 0.25) is 5.12 Å². The monoisotopic (exact) mass is 434 g/mol. The van der Waals surface area contributed by atoms with Crippen molar-refractivity contribution in [3.63, 3.8) is 0 Å². The molecule has 0 radical (unpaired) electrons. The predicted octanol–water partition coefficient (Wildman–Crippen LogP) is 6.98. The second-order valence-electron chi connectivity index (χ2n) is 7.49. The number of rotatable bonds is 7. The van der Waals surface area contributed by atoms with E-state index in [1.54, 1.807) is 0 Å². The summed E-state index contributed by atoms with van der Waals surface area (Å²) < 4.78 is 0. The number of benzene rings is 3. The van der Waals surface area contributed by atoms with E-state index in [0.717, 1.165) is 20.9 Å². The first-order valence-corrected chi connectivity index (χ1v) is 11.7. The van der Waals surface area contributed by atoms with Gasteiger partial charge in [-0.25, -0.2) is 0 Å². The van der Waals surface area contributed by atoms with Crippen LogP contribution in [0, 0.1) is 13.8 Å². The molecule has 0 fully saturated rings. The van der Waals surface area contributed by atoms with Crippen molar-refractivity contribution in [2.24, 2.45) is 0 Å². The highest BCUT2D eigenvalue weighted by atomic mass is 32.2. The highest BCUT2D eigenvalue weighted by Crippen LogP contribution is 2.29. The highest BCUT2D eigenvalue weighted by molar-refractivity contribution is 8.14. The Labute approximate surface area is 187 Å². The SMILES string of the molecule is Cc1ccc(SC(=O)CCc2cccc(C(C)C(=O)Sc3ccc(C)cc3)c2)cc1. The van der Waals surface area contributed by atoms with Crippen molar-refractivity contribution in [3.05, 3.63) is 95.1 Å². The Morgan fingerprint density at radius 1 is 0.800 bits per heavy atom. The fourth-order valence-electron chi connectivity index (χ4n) is 3.00. The van der Waals surface area contributed by atoms with Gasteiger partial charge in [-0.2, -0.15) is 0 Å². The summed E-state index contributed by atoms with van der Waals surface area (Å²) in [6, 6.07) is 24.1. The fourth-order valence-corrected chi connectivity index (χ4v) is 4.56. The lowest BCUT2D eigenvalue weighted by Gasteiger charge is -2.12. The molecular weight excluding hydrogens is 408 g/mol. The van der Waals surface area contributed by atoms with Gasteiger partial charge in [0.15, 0.2) is 5.12 Å². The van der Waals surface area contributed by atoms with Crippen LogP contribution in [0.5, 0.6) is 0 Å². The van der Waals surface area contributed by atoms with Crippen LogP contribution >= 0.6 is 23.5 Å². The maximum Gasteiger partial charge on any atom is 0.200 e. The third-order valence-electron chi connectivity index (χ3n) is 4.91. The minimum Gasteiger partial charge on any atom is -0.287 e. The van der Waals surface area contributed by atoms with Gasteiger partial charge in [0, 0.05) is 16.2 Å². The van der Waals surface area contributed by atoms with Crippen LogP contribution in [0.3, 0.4) is 0 Å². The van der Waals surface area contributed by atoms with Crippen LogP contribution in [-0.2, 0) is 16.0 Å². The highest BCUT2D eigenvalue weighted by Gasteiger charge is 2.17. The third kappa shape index (κ3) is 6.61. The van der Waals surface area contributed by atoms with Gasteiger partial charge in [-0.3, -0.25) is 9.59 Å². The topological polar surface area (TPSA) is 34.1 Å². The van der Waals surface area contributed by atoms with Crippen LogP contribution in [0.4, 0.5) is 0 Å². The van der Waals surface area contributed by atoms with Crippen molar-refractivity contribution >= 4 is 33.8 Å². The van der Waals surface area contributed by atoms with Crippen molar-refractivity contribution in [2.75, 3.05) is 0 Å². The van der Waals surface area contributed by atoms with Crippen LogP contribution < -0.4 is 0 Å². The summed E-state index contributed by atoms with van der Waals surface area (Å²) in [6.07, 6.45) is 1.15. The summed E-state index contributed by atoms with van der Waals surface area (Å²) in [7, 11) is 0. The van der Waals surface area contributed by atoms with Crippen LogP contribution in [0.2, 0.25) is 0 Å². The van der Waals surface area contributed by atoms with Crippen LogP contribution in [-0.4, -0.2) is 10.2 Å². The molecule has 3 aromatic carbocycles. The van der Waals surface area contributed by atoms with Gasteiger partial charge in [-0.15, -0.1) is 0 Å². The molecular formula is C26H26O2S2. The molecule has 0 bridgehead atoms. The molecule has 0 amide bonds. The molecule has 1 atom stereocenters.